The van der Waals surface area contributed by atoms with Gasteiger partial charge in [-0.1, -0.05) is 22.0 Å². The van der Waals surface area contributed by atoms with Gasteiger partial charge in [0.1, 0.15) is 0 Å². The largest absolute Gasteiger partial charge is 0.469 e. The van der Waals surface area contributed by atoms with E-state index in [1.165, 1.54) is 7.11 Å². The summed E-state index contributed by atoms with van der Waals surface area (Å²) in [6, 6.07) is 5.55. The van der Waals surface area contributed by atoms with Gasteiger partial charge in [0.25, 0.3) is 0 Å². The van der Waals surface area contributed by atoms with Gasteiger partial charge in [-0.2, -0.15) is 5.26 Å². The Hall–Kier alpha value is -0.990. The third-order valence-electron chi connectivity index (χ3n) is 2.13. The quantitative estimate of drug-likeness (QED) is 0.530. The SMILES string of the molecule is COC(=O)Cc1cc(CBr)c(C#N)cc1S. The van der Waals surface area contributed by atoms with Crippen LogP contribution in [0.4, 0.5) is 0 Å². The van der Waals surface area contributed by atoms with Gasteiger partial charge in [-0.15, -0.1) is 12.6 Å². The van der Waals surface area contributed by atoms with Crippen LogP contribution in [-0.2, 0) is 21.3 Å². The van der Waals surface area contributed by atoms with Gasteiger partial charge in [0, 0.05) is 10.2 Å². The van der Waals surface area contributed by atoms with Crippen molar-refractivity contribution in [3.8, 4) is 6.07 Å². The number of benzene rings is 1. The molecule has 1 aromatic rings. The summed E-state index contributed by atoms with van der Waals surface area (Å²) in [5.41, 5.74) is 2.18. The lowest BCUT2D eigenvalue weighted by atomic mass is 10.0. The predicted octanol–water partition coefficient (Wildman–Crippen LogP) is 2.46. The molecule has 0 heterocycles. The lowest BCUT2D eigenvalue weighted by Gasteiger charge is -2.07. The average Bonchev–Trinajstić information content (AvgIpc) is 2.30. The van der Waals surface area contributed by atoms with Gasteiger partial charge in [0.05, 0.1) is 25.2 Å². The molecule has 0 amide bonds. The summed E-state index contributed by atoms with van der Waals surface area (Å²) >= 11 is 7.55. The molecule has 3 nitrogen and oxygen atoms in total. The Balaban J connectivity index is 3.12. The Morgan fingerprint density at radius 3 is 2.75 bits per heavy atom. The molecule has 0 radical (unpaired) electrons. The van der Waals surface area contributed by atoms with E-state index in [4.69, 9.17) is 5.26 Å². The molecule has 1 rings (SSSR count). The van der Waals surface area contributed by atoms with Crippen molar-refractivity contribution >= 4 is 34.5 Å². The Morgan fingerprint density at radius 2 is 2.25 bits per heavy atom. The third-order valence-corrected chi connectivity index (χ3v) is 3.15. The standard InChI is InChI=1S/C11H10BrNO2S/c1-15-11(14)4-7-2-8(5-12)9(6-13)3-10(7)16/h2-3,16H,4-5H2,1H3. The van der Waals surface area contributed by atoms with Crippen LogP contribution in [0.15, 0.2) is 17.0 Å². The van der Waals surface area contributed by atoms with Gasteiger partial charge >= 0.3 is 5.97 Å². The second-order valence-electron chi connectivity index (χ2n) is 3.14. The second-order valence-corrected chi connectivity index (χ2v) is 4.18. The Labute approximate surface area is 108 Å². The molecule has 16 heavy (non-hydrogen) atoms. The summed E-state index contributed by atoms with van der Waals surface area (Å²) in [5, 5.41) is 9.46. The van der Waals surface area contributed by atoms with Gasteiger partial charge < -0.3 is 4.74 Å². The fourth-order valence-corrected chi connectivity index (χ4v) is 2.00. The van der Waals surface area contributed by atoms with E-state index in [2.05, 4.69) is 39.4 Å². The van der Waals surface area contributed by atoms with Crippen LogP contribution in [-0.4, -0.2) is 13.1 Å². The van der Waals surface area contributed by atoms with Crippen LogP contribution in [0.3, 0.4) is 0 Å². The van der Waals surface area contributed by atoms with E-state index in [1.54, 1.807) is 12.1 Å². The van der Waals surface area contributed by atoms with Crippen molar-refractivity contribution in [1.82, 2.24) is 0 Å². The molecule has 1 aromatic carbocycles. The van der Waals surface area contributed by atoms with Crippen molar-refractivity contribution in [2.45, 2.75) is 16.6 Å². The van der Waals surface area contributed by atoms with E-state index >= 15 is 0 Å². The summed E-state index contributed by atoms with van der Waals surface area (Å²) in [6.07, 6.45) is 0.168. The van der Waals surface area contributed by atoms with Gasteiger partial charge in [-0.25, -0.2) is 0 Å². The normalized spacial score (nSPS) is 9.62. The van der Waals surface area contributed by atoms with Crippen molar-refractivity contribution in [3.63, 3.8) is 0 Å². The van der Waals surface area contributed by atoms with Crippen molar-refractivity contribution in [3.05, 3.63) is 28.8 Å². The highest BCUT2D eigenvalue weighted by molar-refractivity contribution is 9.08. The van der Waals surface area contributed by atoms with E-state index in [-0.39, 0.29) is 12.4 Å². The highest BCUT2D eigenvalue weighted by Crippen LogP contribution is 2.22. The summed E-state index contributed by atoms with van der Waals surface area (Å²) in [5.74, 6) is -0.319. The molecule has 0 unspecified atom stereocenters. The minimum atomic E-state index is -0.319. The zero-order chi connectivity index (χ0) is 12.1. The zero-order valence-corrected chi connectivity index (χ0v) is 11.1. The molecule has 0 aromatic heterocycles. The molecule has 5 heteroatoms. The molecule has 0 fully saturated rings. The Morgan fingerprint density at radius 1 is 1.56 bits per heavy atom. The smallest absolute Gasteiger partial charge is 0.310 e. The lowest BCUT2D eigenvalue weighted by Crippen LogP contribution is -2.06. The van der Waals surface area contributed by atoms with Crippen LogP contribution in [0.1, 0.15) is 16.7 Å². The molecular weight excluding hydrogens is 290 g/mol. The molecule has 0 saturated carbocycles. The average molecular weight is 300 g/mol. The van der Waals surface area contributed by atoms with Gasteiger partial charge in [0.2, 0.25) is 0 Å². The van der Waals surface area contributed by atoms with Crippen LogP contribution >= 0.6 is 28.6 Å². The fraction of sp³-hybridized carbons (Fsp3) is 0.273. The number of carbonyl (C=O) groups excluding carboxylic acids is 1. The number of nitriles is 1. The van der Waals surface area contributed by atoms with E-state index < -0.39 is 0 Å². The molecule has 84 valence electrons. The molecule has 0 N–H and O–H groups in total. The molecule has 0 atom stereocenters. The number of nitrogens with zero attached hydrogens (tertiary/aromatic N) is 1. The minimum Gasteiger partial charge on any atom is -0.469 e. The number of thiol groups is 1. The molecular formula is C11H10BrNO2S. The molecule has 0 saturated heterocycles. The number of rotatable bonds is 3. The number of hydrogen-bond donors (Lipinski definition) is 1. The molecule has 0 bridgehead atoms. The van der Waals surface area contributed by atoms with E-state index in [1.807, 2.05) is 0 Å². The highest BCUT2D eigenvalue weighted by Gasteiger charge is 2.10. The maximum atomic E-state index is 11.2. The maximum Gasteiger partial charge on any atom is 0.310 e. The number of methoxy groups -OCH3 is 1. The first-order valence-corrected chi connectivity index (χ1v) is 6.07. The maximum absolute atomic E-state index is 11.2. The Bertz CT molecular complexity index is 454. The summed E-state index contributed by atoms with van der Waals surface area (Å²) in [7, 11) is 1.34. The zero-order valence-electron chi connectivity index (χ0n) is 8.66. The number of esters is 1. The topological polar surface area (TPSA) is 50.1 Å². The predicted molar refractivity (Wildman–Crippen MR) is 66.8 cm³/mol. The van der Waals surface area contributed by atoms with E-state index in [0.717, 1.165) is 11.1 Å². The van der Waals surface area contributed by atoms with Gasteiger partial charge in [0.15, 0.2) is 0 Å². The summed E-state index contributed by atoms with van der Waals surface area (Å²) < 4.78 is 4.59. The van der Waals surface area contributed by atoms with Gasteiger partial charge in [-0.05, 0) is 17.2 Å². The fourth-order valence-electron chi connectivity index (χ4n) is 1.27. The molecule has 0 spiro atoms. The van der Waals surface area contributed by atoms with Crippen LogP contribution in [0.5, 0.6) is 0 Å². The number of alkyl halides is 1. The number of halogens is 1. The van der Waals surface area contributed by atoms with Crippen LogP contribution in [0.2, 0.25) is 0 Å². The van der Waals surface area contributed by atoms with Crippen LogP contribution in [0.25, 0.3) is 0 Å². The number of ether oxygens (including phenoxy) is 1. The lowest BCUT2D eigenvalue weighted by molar-refractivity contribution is -0.139. The van der Waals surface area contributed by atoms with E-state index in [9.17, 15) is 4.79 Å². The Kier molecular flexibility index (Phi) is 4.84. The molecule has 0 aliphatic rings. The minimum absolute atomic E-state index is 0.168. The summed E-state index contributed by atoms with van der Waals surface area (Å²) in [6.45, 7) is 0. The second kappa shape index (κ2) is 5.92. The van der Waals surface area contributed by atoms with Crippen molar-refractivity contribution < 1.29 is 9.53 Å². The van der Waals surface area contributed by atoms with Crippen molar-refractivity contribution in [1.29, 1.82) is 5.26 Å². The first-order valence-electron chi connectivity index (χ1n) is 4.50. The highest BCUT2D eigenvalue weighted by atomic mass is 79.9. The van der Waals surface area contributed by atoms with Crippen LogP contribution in [0, 0.1) is 11.3 Å². The number of hydrogen-bond acceptors (Lipinski definition) is 4. The van der Waals surface area contributed by atoms with Gasteiger partial charge in [-0.3, -0.25) is 4.79 Å². The van der Waals surface area contributed by atoms with Crippen LogP contribution < -0.4 is 0 Å². The molecule has 0 aliphatic carbocycles. The van der Waals surface area contributed by atoms with Crippen molar-refractivity contribution in [2.24, 2.45) is 0 Å². The van der Waals surface area contributed by atoms with Crippen molar-refractivity contribution in [2.75, 3.05) is 7.11 Å². The first-order chi connectivity index (χ1) is 7.62. The first kappa shape index (κ1) is 13.1. The van der Waals surface area contributed by atoms with E-state index in [0.29, 0.717) is 15.8 Å². The third kappa shape index (κ3) is 3.00. The monoisotopic (exact) mass is 299 g/mol. The summed E-state index contributed by atoms with van der Waals surface area (Å²) in [4.78, 5) is 11.8. The molecule has 0 aliphatic heterocycles. The number of carbonyl (C=O) groups is 1.